The van der Waals surface area contributed by atoms with Crippen LogP contribution in [0.15, 0.2) is 29.4 Å². The van der Waals surface area contributed by atoms with Crippen molar-refractivity contribution in [1.82, 2.24) is 20.1 Å². The van der Waals surface area contributed by atoms with Gasteiger partial charge < -0.3 is 24.8 Å². The quantitative estimate of drug-likeness (QED) is 0.349. The number of carbonyl (C=O) groups excluding carboxylic acids is 1. The number of aliphatic imine (C=N–C) groups is 1. The number of halogens is 1. The number of hydrogen-bond donors (Lipinski definition) is 2. The molecule has 1 atom stereocenters. The number of hydrogen-bond acceptors (Lipinski definition) is 3. The Morgan fingerprint density at radius 3 is 2.68 bits per heavy atom. The van der Waals surface area contributed by atoms with Crippen molar-refractivity contribution in [3.63, 3.8) is 0 Å². The molecule has 2 aliphatic heterocycles. The number of guanidine groups is 1. The monoisotopic (exact) mass is 539 g/mol. The van der Waals surface area contributed by atoms with Gasteiger partial charge in [-0.25, -0.2) is 0 Å². The van der Waals surface area contributed by atoms with Crippen molar-refractivity contribution in [1.29, 1.82) is 0 Å². The lowest BCUT2D eigenvalue weighted by Gasteiger charge is -2.37. The van der Waals surface area contributed by atoms with Gasteiger partial charge in [0.05, 0.1) is 0 Å². The molecule has 0 aliphatic carbocycles. The molecule has 0 radical (unpaired) electrons. The number of piperazine rings is 1. The van der Waals surface area contributed by atoms with Gasteiger partial charge in [0.25, 0.3) is 5.91 Å². The van der Waals surface area contributed by atoms with Gasteiger partial charge in [-0.2, -0.15) is 0 Å². The number of aromatic amines is 1. The number of benzene rings is 1. The molecule has 2 aliphatic rings. The van der Waals surface area contributed by atoms with Gasteiger partial charge >= 0.3 is 0 Å². The molecule has 2 N–H and O–H groups in total. The maximum Gasteiger partial charge on any atom is 0.251 e. The van der Waals surface area contributed by atoms with Crippen molar-refractivity contribution >= 4 is 46.7 Å². The van der Waals surface area contributed by atoms with E-state index in [1.165, 1.54) is 22.0 Å². The van der Waals surface area contributed by atoms with Crippen LogP contribution in [0, 0.1) is 0 Å². The molecule has 0 saturated carbocycles. The van der Waals surface area contributed by atoms with Crippen LogP contribution in [0.5, 0.6) is 0 Å². The van der Waals surface area contributed by atoms with Gasteiger partial charge in [0.15, 0.2) is 5.96 Å². The van der Waals surface area contributed by atoms with E-state index in [1.807, 2.05) is 11.9 Å². The van der Waals surface area contributed by atoms with E-state index in [-0.39, 0.29) is 36.0 Å². The highest BCUT2D eigenvalue weighted by Gasteiger charge is 2.30. The Hall–Kier alpha value is -1.81. The van der Waals surface area contributed by atoms with E-state index in [1.54, 1.807) is 0 Å². The van der Waals surface area contributed by atoms with Crippen LogP contribution in [0.4, 0.5) is 0 Å². The number of nitrogens with zero attached hydrogens (tertiary/aromatic N) is 3. The molecule has 1 amide bonds. The number of carbonyl (C=O) groups is 1. The lowest BCUT2D eigenvalue weighted by molar-refractivity contribution is -0.142. The smallest absolute Gasteiger partial charge is 0.251 e. The first kappa shape index (κ1) is 23.8. The van der Waals surface area contributed by atoms with E-state index in [0.29, 0.717) is 6.61 Å². The zero-order valence-corrected chi connectivity index (χ0v) is 20.9. The first-order valence-electron chi connectivity index (χ1n) is 11.1. The zero-order chi connectivity index (χ0) is 20.9. The summed E-state index contributed by atoms with van der Waals surface area (Å²) >= 11 is 0. The molecule has 1 unspecified atom stereocenters. The van der Waals surface area contributed by atoms with Gasteiger partial charge in [0.2, 0.25) is 0 Å². The Labute approximate surface area is 201 Å². The van der Waals surface area contributed by atoms with Crippen LogP contribution in [0.3, 0.4) is 0 Å². The van der Waals surface area contributed by atoms with E-state index in [2.05, 4.69) is 51.5 Å². The van der Waals surface area contributed by atoms with E-state index < -0.39 is 0 Å². The molecule has 31 heavy (non-hydrogen) atoms. The van der Waals surface area contributed by atoms with Gasteiger partial charge in [-0.3, -0.25) is 9.79 Å². The first-order valence-corrected chi connectivity index (χ1v) is 11.1. The molecular formula is C23H34IN5O2. The van der Waals surface area contributed by atoms with Crippen molar-refractivity contribution in [3.8, 4) is 0 Å². The highest BCUT2D eigenvalue weighted by Crippen LogP contribution is 2.22. The number of para-hydroxylation sites is 1. The fourth-order valence-electron chi connectivity index (χ4n) is 4.53. The highest BCUT2D eigenvalue weighted by atomic mass is 127. The van der Waals surface area contributed by atoms with Crippen LogP contribution in [0.25, 0.3) is 10.9 Å². The van der Waals surface area contributed by atoms with Crippen molar-refractivity contribution < 1.29 is 9.53 Å². The SMILES string of the molecule is CCc1cccc2c(CCNC(=NC)N3CCN(C(=O)C4CCCO4)CC3)c[nH]c12.I. The predicted molar refractivity (Wildman–Crippen MR) is 135 cm³/mol. The van der Waals surface area contributed by atoms with Crippen LogP contribution in [-0.2, 0) is 22.4 Å². The molecule has 1 aromatic carbocycles. The lowest BCUT2D eigenvalue weighted by Crippen LogP contribution is -2.55. The van der Waals surface area contributed by atoms with E-state index in [0.717, 1.165) is 64.4 Å². The van der Waals surface area contributed by atoms with E-state index in [4.69, 9.17) is 4.74 Å². The van der Waals surface area contributed by atoms with E-state index in [9.17, 15) is 4.79 Å². The molecule has 2 aromatic rings. The second-order valence-corrected chi connectivity index (χ2v) is 8.05. The minimum Gasteiger partial charge on any atom is -0.368 e. The highest BCUT2D eigenvalue weighted by molar-refractivity contribution is 14.0. The average molecular weight is 539 g/mol. The number of aromatic nitrogens is 1. The maximum absolute atomic E-state index is 12.5. The summed E-state index contributed by atoms with van der Waals surface area (Å²) in [6.45, 7) is 6.77. The first-order chi connectivity index (χ1) is 14.7. The largest absolute Gasteiger partial charge is 0.368 e. The summed E-state index contributed by atoms with van der Waals surface area (Å²) < 4.78 is 5.55. The van der Waals surface area contributed by atoms with Gasteiger partial charge in [0, 0.05) is 63.5 Å². The van der Waals surface area contributed by atoms with Gasteiger partial charge in [-0.05, 0) is 36.8 Å². The number of rotatable bonds is 5. The van der Waals surface area contributed by atoms with Gasteiger partial charge in [-0.15, -0.1) is 24.0 Å². The minimum atomic E-state index is -0.224. The fourth-order valence-corrected chi connectivity index (χ4v) is 4.53. The predicted octanol–water partition coefficient (Wildman–Crippen LogP) is 2.79. The summed E-state index contributed by atoms with van der Waals surface area (Å²) in [4.78, 5) is 24.6. The van der Waals surface area contributed by atoms with Crippen LogP contribution >= 0.6 is 24.0 Å². The number of H-pyrrole nitrogens is 1. The molecule has 2 fully saturated rings. The number of nitrogens with one attached hydrogen (secondary N) is 2. The van der Waals surface area contributed by atoms with Gasteiger partial charge in [-0.1, -0.05) is 25.1 Å². The van der Waals surface area contributed by atoms with Crippen molar-refractivity contribution in [2.75, 3.05) is 46.4 Å². The molecule has 170 valence electrons. The Morgan fingerprint density at radius 1 is 1.23 bits per heavy atom. The molecule has 0 spiro atoms. The maximum atomic E-state index is 12.5. The summed E-state index contributed by atoms with van der Waals surface area (Å²) in [6.07, 6.45) is 5.72. The summed E-state index contributed by atoms with van der Waals surface area (Å²) in [5, 5.41) is 4.82. The normalized spacial score (nSPS) is 19.5. The molecule has 7 nitrogen and oxygen atoms in total. The van der Waals surface area contributed by atoms with Gasteiger partial charge in [0.1, 0.15) is 6.10 Å². The molecule has 4 rings (SSSR count). The second-order valence-electron chi connectivity index (χ2n) is 8.05. The molecule has 2 saturated heterocycles. The minimum absolute atomic E-state index is 0. The second kappa shape index (κ2) is 11.2. The lowest BCUT2D eigenvalue weighted by atomic mass is 10.1. The molecule has 3 heterocycles. The topological polar surface area (TPSA) is 73.0 Å². The van der Waals surface area contributed by atoms with Crippen molar-refractivity contribution in [2.45, 2.75) is 38.7 Å². The van der Waals surface area contributed by atoms with Crippen LogP contribution in [0.1, 0.15) is 30.9 Å². The third-order valence-corrected chi connectivity index (χ3v) is 6.25. The summed E-state index contributed by atoms with van der Waals surface area (Å²) in [6, 6.07) is 6.52. The summed E-state index contributed by atoms with van der Waals surface area (Å²) in [5.41, 5.74) is 3.94. The van der Waals surface area contributed by atoms with Crippen LogP contribution in [-0.4, -0.2) is 79.1 Å². The number of ether oxygens (including phenoxy) is 1. The molecular weight excluding hydrogens is 505 g/mol. The Kier molecular flexibility index (Phi) is 8.59. The summed E-state index contributed by atoms with van der Waals surface area (Å²) in [7, 11) is 1.82. The molecule has 0 bridgehead atoms. The number of amides is 1. The number of fused-ring (bicyclic) bond motifs is 1. The third-order valence-electron chi connectivity index (χ3n) is 6.25. The average Bonchev–Trinajstić information content (AvgIpc) is 3.47. The van der Waals surface area contributed by atoms with E-state index >= 15 is 0 Å². The summed E-state index contributed by atoms with van der Waals surface area (Å²) in [5.74, 6) is 1.06. The number of aryl methyl sites for hydroxylation is 1. The van der Waals surface area contributed by atoms with Crippen molar-refractivity contribution in [2.24, 2.45) is 4.99 Å². The fraction of sp³-hybridized carbons (Fsp3) is 0.565. The standard InChI is InChI=1S/C23H33N5O2.HI/c1-3-17-6-4-7-19-18(16-26-21(17)19)9-10-25-23(24-2)28-13-11-27(12-14-28)22(29)20-8-5-15-30-20;/h4,6-7,16,20,26H,3,5,8-15H2,1-2H3,(H,24,25);1H. The third kappa shape index (κ3) is 5.34. The molecule has 8 heteroatoms. The Morgan fingerprint density at radius 2 is 2.00 bits per heavy atom. The Bertz CT molecular complexity index is 899. The Balaban J connectivity index is 0.00000272. The zero-order valence-electron chi connectivity index (χ0n) is 18.5. The van der Waals surface area contributed by atoms with Crippen LogP contribution in [0.2, 0.25) is 0 Å². The molecule has 1 aromatic heterocycles. The van der Waals surface area contributed by atoms with Crippen LogP contribution < -0.4 is 5.32 Å². The van der Waals surface area contributed by atoms with Crippen molar-refractivity contribution in [3.05, 3.63) is 35.5 Å².